The summed E-state index contributed by atoms with van der Waals surface area (Å²) in [5.74, 6) is 0.359. The predicted molar refractivity (Wildman–Crippen MR) is 52.2 cm³/mol. The van der Waals surface area contributed by atoms with Crippen LogP contribution in [0.2, 0.25) is 0 Å². The third-order valence-electron chi connectivity index (χ3n) is 2.60. The first-order chi connectivity index (χ1) is 5.70. The van der Waals surface area contributed by atoms with Gasteiger partial charge in [-0.1, -0.05) is 37.4 Å². The van der Waals surface area contributed by atoms with Gasteiger partial charge in [-0.2, -0.15) is 0 Å². The zero-order valence-corrected chi connectivity index (χ0v) is 8.19. The molecule has 0 saturated heterocycles. The van der Waals surface area contributed by atoms with Crippen LogP contribution in [0.1, 0.15) is 38.5 Å². The van der Waals surface area contributed by atoms with Crippen LogP contribution in [0.4, 0.5) is 0 Å². The number of hydrogen-bond donors (Lipinski definition) is 1. The monoisotopic (exact) mass is 188 g/mol. The molecule has 1 aliphatic carbocycles. The van der Waals surface area contributed by atoms with Gasteiger partial charge in [0.1, 0.15) is 0 Å². The molecular formula is C10H17ClO. The van der Waals surface area contributed by atoms with E-state index < -0.39 is 0 Å². The number of halogens is 1. The lowest BCUT2D eigenvalue weighted by Crippen LogP contribution is -2.18. The van der Waals surface area contributed by atoms with E-state index >= 15 is 0 Å². The fourth-order valence-corrected chi connectivity index (χ4v) is 2.09. The highest BCUT2D eigenvalue weighted by atomic mass is 35.5. The van der Waals surface area contributed by atoms with Gasteiger partial charge in [0.25, 0.3) is 0 Å². The highest BCUT2D eigenvalue weighted by Gasteiger charge is 2.21. The van der Waals surface area contributed by atoms with E-state index in [-0.39, 0.29) is 6.10 Å². The van der Waals surface area contributed by atoms with Gasteiger partial charge in [0.2, 0.25) is 0 Å². The Kier molecular flexibility index (Phi) is 4.10. The van der Waals surface area contributed by atoms with Gasteiger partial charge in [-0.05, 0) is 25.2 Å². The number of allylic oxidation sites excluding steroid dienone is 1. The Hall–Kier alpha value is -0.0100. The van der Waals surface area contributed by atoms with Crippen LogP contribution in [0.5, 0.6) is 0 Å². The molecule has 1 nitrogen and oxygen atoms in total. The number of aliphatic hydroxyl groups excluding tert-OH is 1. The number of hydrogen-bond acceptors (Lipinski definition) is 1. The molecule has 0 aromatic rings. The molecular weight excluding hydrogens is 172 g/mol. The van der Waals surface area contributed by atoms with Crippen molar-refractivity contribution in [2.75, 3.05) is 0 Å². The van der Waals surface area contributed by atoms with Gasteiger partial charge in [-0.3, -0.25) is 0 Å². The molecule has 12 heavy (non-hydrogen) atoms. The van der Waals surface area contributed by atoms with Crippen LogP contribution >= 0.6 is 11.6 Å². The maximum Gasteiger partial charge on any atom is 0.0571 e. The molecule has 0 spiro atoms. The van der Waals surface area contributed by atoms with Gasteiger partial charge in [0.05, 0.1) is 6.10 Å². The van der Waals surface area contributed by atoms with Crippen LogP contribution in [-0.2, 0) is 0 Å². The van der Waals surface area contributed by atoms with E-state index in [9.17, 15) is 5.11 Å². The van der Waals surface area contributed by atoms with E-state index in [0.29, 0.717) is 11.0 Å². The van der Waals surface area contributed by atoms with E-state index in [1.165, 1.54) is 12.8 Å². The van der Waals surface area contributed by atoms with Gasteiger partial charge in [-0.25, -0.2) is 0 Å². The molecule has 0 aromatic heterocycles. The zero-order chi connectivity index (χ0) is 8.97. The highest BCUT2D eigenvalue weighted by Crippen LogP contribution is 2.28. The van der Waals surface area contributed by atoms with Gasteiger partial charge in [0, 0.05) is 5.03 Å². The quantitative estimate of drug-likeness (QED) is 0.661. The summed E-state index contributed by atoms with van der Waals surface area (Å²) in [6, 6.07) is 0. The topological polar surface area (TPSA) is 20.2 Å². The Morgan fingerprint density at radius 1 is 1.33 bits per heavy atom. The molecule has 0 amide bonds. The Labute approximate surface area is 79.4 Å². The molecule has 1 fully saturated rings. The van der Waals surface area contributed by atoms with Crippen molar-refractivity contribution < 1.29 is 5.11 Å². The normalized spacial score (nSPS) is 31.2. The van der Waals surface area contributed by atoms with Crippen molar-refractivity contribution in [1.82, 2.24) is 0 Å². The van der Waals surface area contributed by atoms with Crippen LogP contribution in [0.3, 0.4) is 0 Å². The first-order valence-corrected chi connectivity index (χ1v) is 5.09. The molecule has 1 rings (SSSR count). The molecule has 0 aliphatic heterocycles. The van der Waals surface area contributed by atoms with Crippen LogP contribution in [-0.4, -0.2) is 11.2 Å². The second-order valence-corrected chi connectivity index (χ2v) is 4.22. The summed E-state index contributed by atoms with van der Waals surface area (Å²) < 4.78 is 0. The molecule has 0 radical (unpaired) electrons. The Morgan fingerprint density at radius 2 is 2.00 bits per heavy atom. The second-order valence-electron chi connectivity index (χ2n) is 3.69. The minimum atomic E-state index is -0.150. The average molecular weight is 189 g/mol. The number of aliphatic hydroxyl groups is 1. The Balaban J connectivity index is 2.41. The third-order valence-corrected chi connectivity index (χ3v) is 2.76. The molecule has 1 N–H and O–H groups in total. The molecule has 2 atom stereocenters. The standard InChI is InChI=1S/C10H17ClO/c1-8(11)7-9-5-3-2-4-6-10(9)12/h9-10,12H,1-7H2/t9-,10+/m0/s1. The van der Waals surface area contributed by atoms with E-state index in [2.05, 4.69) is 6.58 Å². The van der Waals surface area contributed by atoms with Crippen molar-refractivity contribution >= 4 is 11.6 Å². The van der Waals surface area contributed by atoms with Gasteiger partial charge in [0.15, 0.2) is 0 Å². The van der Waals surface area contributed by atoms with Crippen LogP contribution in [0, 0.1) is 5.92 Å². The Morgan fingerprint density at radius 3 is 2.67 bits per heavy atom. The van der Waals surface area contributed by atoms with Crippen molar-refractivity contribution in [2.24, 2.45) is 5.92 Å². The van der Waals surface area contributed by atoms with Gasteiger partial charge in [-0.15, -0.1) is 0 Å². The van der Waals surface area contributed by atoms with E-state index in [4.69, 9.17) is 11.6 Å². The molecule has 0 aromatic carbocycles. The summed E-state index contributed by atoms with van der Waals surface area (Å²) in [5.41, 5.74) is 0. The predicted octanol–water partition coefficient (Wildman–Crippen LogP) is 3.07. The van der Waals surface area contributed by atoms with Crippen LogP contribution in [0.15, 0.2) is 11.6 Å². The molecule has 0 unspecified atom stereocenters. The molecule has 1 aliphatic rings. The summed E-state index contributed by atoms with van der Waals surface area (Å²) >= 11 is 5.72. The summed E-state index contributed by atoms with van der Waals surface area (Å²) in [6.07, 6.45) is 6.31. The summed E-state index contributed by atoms with van der Waals surface area (Å²) in [4.78, 5) is 0. The minimum Gasteiger partial charge on any atom is -0.393 e. The first-order valence-electron chi connectivity index (χ1n) is 4.71. The number of rotatable bonds is 2. The SMILES string of the molecule is C=C(Cl)C[C@@H]1CCCCC[C@H]1O. The lowest BCUT2D eigenvalue weighted by atomic mass is 9.94. The van der Waals surface area contributed by atoms with Crippen LogP contribution < -0.4 is 0 Å². The van der Waals surface area contributed by atoms with E-state index in [1.807, 2.05) is 0 Å². The smallest absolute Gasteiger partial charge is 0.0571 e. The lowest BCUT2D eigenvalue weighted by Gasteiger charge is -2.19. The third kappa shape index (κ3) is 3.16. The maximum atomic E-state index is 9.70. The van der Waals surface area contributed by atoms with Crippen molar-refractivity contribution in [3.63, 3.8) is 0 Å². The van der Waals surface area contributed by atoms with Gasteiger partial charge >= 0.3 is 0 Å². The fourth-order valence-electron chi connectivity index (χ4n) is 1.89. The largest absolute Gasteiger partial charge is 0.393 e. The lowest BCUT2D eigenvalue weighted by molar-refractivity contribution is 0.102. The zero-order valence-electron chi connectivity index (χ0n) is 7.43. The summed E-state index contributed by atoms with van der Waals surface area (Å²) in [5, 5.41) is 10.4. The van der Waals surface area contributed by atoms with Crippen molar-refractivity contribution in [3.05, 3.63) is 11.6 Å². The highest BCUT2D eigenvalue weighted by molar-refractivity contribution is 6.29. The minimum absolute atomic E-state index is 0.150. The van der Waals surface area contributed by atoms with E-state index in [1.54, 1.807) is 0 Å². The Bertz CT molecular complexity index is 156. The molecule has 70 valence electrons. The molecule has 0 bridgehead atoms. The van der Waals surface area contributed by atoms with Crippen molar-refractivity contribution in [3.8, 4) is 0 Å². The molecule has 0 heterocycles. The summed E-state index contributed by atoms with van der Waals surface area (Å²) in [7, 11) is 0. The van der Waals surface area contributed by atoms with Crippen molar-refractivity contribution in [2.45, 2.75) is 44.6 Å². The van der Waals surface area contributed by atoms with Gasteiger partial charge < -0.3 is 5.11 Å². The summed E-state index contributed by atoms with van der Waals surface area (Å²) in [6.45, 7) is 3.67. The van der Waals surface area contributed by atoms with Crippen LogP contribution in [0.25, 0.3) is 0 Å². The average Bonchev–Trinajstić information content (AvgIpc) is 2.16. The fraction of sp³-hybridized carbons (Fsp3) is 0.800. The van der Waals surface area contributed by atoms with E-state index in [0.717, 1.165) is 25.7 Å². The first kappa shape index (κ1) is 10.1. The molecule has 1 saturated carbocycles. The second kappa shape index (κ2) is 4.88. The maximum absolute atomic E-state index is 9.70. The van der Waals surface area contributed by atoms with Crippen molar-refractivity contribution in [1.29, 1.82) is 0 Å². The molecule has 2 heteroatoms.